The number of rotatable bonds is 9. The maximum absolute atomic E-state index is 6.05. The first-order chi connectivity index (χ1) is 8.77. The van der Waals surface area contributed by atoms with Crippen molar-refractivity contribution < 1.29 is 9.47 Å². The molecule has 102 valence electrons. The van der Waals surface area contributed by atoms with E-state index in [2.05, 4.69) is 12.2 Å². The van der Waals surface area contributed by atoms with Gasteiger partial charge in [-0.25, -0.2) is 0 Å². The molecule has 0 heterocycles. The molecule has 1 aromatic rings. The Morgan fingerprint density at radius 3 is 2.72 bits per heavy atom. The second-order valence-corrected chi connectivity index (χ2v) is 4.49. The molecule has 18 heavy (non-hydrogen) atoms. The second-order valence-electron chi connectivity index (χ2n) is 4.08. The minimum Gasteiger partial charge on any atom is -0.495 e. The summed E-state index contributed by atoms with van der Waals surface area (Å²) in [7, 11) is 1.62. The van der Waals surface area contributed by atoms with E-state index in [1.165, 1.54) is 5.56 Å². The monoisotopic (exact) mass is 271 g/mol. The minimum atomic E-state index is 0.652. The zero-order chi connectivity index (χ0) is 13.2. The molecule has 0 saturated heterocycles. The van der Waals surface area contributed by atoms with Gasteiger partial charge in [-0.05, 0) is 37.1 Å². The molecule has 0 radical (unpaired) electrons. The molecule has 3 nitrogen and oxygen atoms in total. The highest BCUT2D eigenvalue weighted by Gasteiger charge is 2.01. The molecule has 0 aromatic heterocycles. The Kier molecular flexibility index (Phi) is 7.81. The van der Waals surface area contributed by atoms with Gasteiger partial charge in [-0.1, -0.05) is 24.6 Å². The minimum absolute atomic E-state index is 0.652. The molecule has 0 saturated carbocycles. The summed E-state index contributed by atoms with van der Waals surface area (Å²) in [5, 5.41) is 3.95. The fourth-order valence-corrected chi connectivity index (χ4v) is 1.88. The number of methoxy groups -OCH3 is 1. The Hall–Kier alpha value is -0.770. The zero-order valence-corrected chi connectivity index (χ0v) is 11.9. The van der Waals surface area contributed by atoms with Crippen LogP contribution in [0.1, 0.15) is 18.9 Å². The third-order valence-corrected chi connectivity index (χ3v) is 2.90. The van der Waals surface area contributed by atoms with Crippen LogP contribution >= 0.6 is 11.6 Å². The van der Waals surface area contributed by atoms with E-state index in [4.69, 9.17) is 21.1 Å². The van der Waals surface area contributed by atoms with Crippen molar-refractivity contribution in [3.05, 3.63) is 28.8 Å². The summed E-state index contributed by atoms with van der Waals surface area (Å²) in [6, 6.07) is 5.84. The molecular weight excluding hydrogens is 250 g/mol. The van der Waals surface area contributed by atoms with E-state index in [-0.39, 0.29) is 0 Å². The lowest BCUT2D eigenvalue weighted by molar-refractivity contribution is 0.139. The molecule has 0 bridgehead atoms. The van der Waals surface area contributed by atoms with Gasteiger partial charge in [0.1, 0.15) is 5.75 Å². The van der Waals surface area contributed by atoms with Gasteiger partial charge in [-0.2, -0.15) is 0 Å². The standard InChI is InChI=1S/C14H22ClNO2/c1-3-7-16-8-10-18-9-6-12-4-5-14(17-2)13(15)11-12/h4-5,11,16H,3,6-10H2,1-2H3. The Morgan fingerprint density at radius 1 is 1.22 bits per heavy atom. The molecule has 0 fully saturated rings. The van der Waals surface area contributed by atoms with Crippen molar-refractivity contribution in [2.75, 3.05) is 33.4 Å². The Labute approximate surface area is 114 Å². The largest absolute Gasteiger partial charge is 0.495 e. The van der Waals surface area contributed by atoms with Crippen LogP contribution in [0.4, 0.5) is 0 Å². The van der Waals surface area contributed by atoms with Crippen LogP contribution in [0.5, 0.6) is 5.75 Å². The first kappa shape index (κ1) is 15.3. The second kappa shape index (κ2) is 9.20. The lowest BCUT2D eigenvalue weighted by Crippen LogP contribution is -2.20. The van der Waals surface area contributed by atoms with Crippen LogP contribution in [0, 0.1) is 0 Å². The van der Waals surface area contributed by atoms with Crippen molar-refractivity contribution in [2.24, 2.45) is 0 Å². The average molecular weight is 272 g/mol. The molecule has 1 N–H and O–H groups in total. The molecule has 0 aliphatic heterocycles. The zero-order valence-electron chi connectivity index (χ0n) is 11.2. The van der Waals surface area contributed by atoms with E-state index < -0.39 is 0 Å². The quantitative estimate of drug-likeness (QED) is 0.701. The third-order valence-electron chi connectivity index (χ3n) is 2.60. The van der Waals surface area contributed by atoms with Crippen LogP contribution in [0.15, 0.2) is 18.2 Å². The van der Waals surface area contributed by atoms with E-state index in [1.54, 1.807) is 7.11 Å². The number of nitrogens with one attached hydrogen (secondary N) is 1. The SMILES string of the molecule is CCCNCCOCCc1ccc(OC)c(Cl)c1. The van der Waals surface area contributed by atoms with Gasteiger partial charge >= 0.3 is 0 Å². The van der Waals surface area contributed by atoms with Gasteiger partial charge in [0, 0.05) is 6.54 Å². The molecule has 0 atom stereocenters. The van der Waals surface area contributed by atoms with Crippen LogP contribution in [0.3, 0.4) is 0 Å². The van der Waals surface area contributed by atoms with Crippen LogP contribution in [-0.4, -0.2) is 33.4 Å². The van der Waals surface area contributed by atoms with Crippen LogP contribution in [-0.2, 0) is 11.2 Å². The van der Waals surface area contributed by atoms with Gasteiger partial charge in [-0.3, -0.25) is 0 Å². The number of halogens is 1. The molecule has 0 aliphatic carbocycles. The average Bonchev–Trinajstić information content (AvgIpc) is 2.38. The van der Waals surface area contributed by atoms with E-state index in [1.807, 2.05) is 18.2 Å². The normalized spacial score (nSPS) is 10.6. The molecule has 1 rings (SSSR count). The fourth-order valence-electron chi connectivity index (χ4n) is 1.60. The predicted molar refractivity (Wildman–Crippen MR) is 75.7 cm³/mol. The van der Waals surface area contributed by atoms with Crippen molar-refractivity contribution in [1.82, 2.24) is 5.32 Å². The van der Waals surface area contributed by atoms with Gasteiger partial charge in [0.25, 0.3) is 0 Å². The third kappa shape index (κ3) is 5.71. The summed E-state index contributed by atoms with van der Waals surface area (Å²) in [6.07, 6.45) is 2.03. The van der Waals surface area contributed by atoms with Crippen molar-refractivity contribution in [3.8, 4) is 5.75 Å². The molecule has 0 aliphatic rings. The van der Waals surface area contributed by atoms with E-state index in [0.717, 1.165) is 39.1 Å². The van der Waals surface area contributed by atoms with Crippen molar-refractivity contribution in [2.45, 2.75) is 19.8 Å². The van der Waals surface area contributed by atoms with Gasteiger partial charge in [0.15, 0.2) is 0 Å². The van der Waals surface area contributed by atoms with Crippen LogP contribution in [0.25, 0.3) is 0 Å². The Bertz CT molecular complexity index is 345. The number of benzene rings is 1. The summed E-state index contributed by atoms with van der Waals surface area (Å²) < 4.78 is 10.7. The molecule has 1 aromatic carbocycles. The summed E-state index contributed by atoms with van der Waals surface area (Å²) in [5.74, 6) is 0.713. The Balaban J connectivity index is 2.17. The number of hydrogen-bond acceptors (Lipinski definition) is 3. The summed E-state index contributed by atoms with van der Waals surface area (Å²) >= 11 is 6.05. The molecule has 0 spiro atoms. The van der Waals surface area contributed by atoms with Gasteiger partial charge in [0.05, 0.1) is 25.3 Å². The molecule has 0 amide bonds. The smallest absolute Gasteiger partial charge is 0.137 e. The van der Waals surface area contributed by atoms with Crippen molar-refractivity contribution in [1.29, 1.82) is 0 Å². The summed E-state index contributed by atoms with van der Waals surface area (Å²) in [6.45, 7) is 5.59. The van der Waals surface area contributed by atoms with E-state index in [0.29, 0.717) is 10.8 Å². The number of hydrogen-bond donors (Lipinski definition) is 1. The molecule has 0 unspecified atom stereocenters. The Morgan fingerprint density at radius 2 is 2.06 bits per heavy atom. The van der Waals surface area contributed by atoms with Gasteiger partial charge < -0.3 is 14.8 Å². The maximum Gasteiger partial charge on any atom is 0.137 e. The first-order valence-electron chi connectivity index (χ1n) is 6.38. The van der Waals surface area contributed by atoms with Gasteiger partial charge in [-0.15, -0.1) is 0 Å². The maximum atomic E-state index is 6.05. The van der Waals surface area contributed by atoms with Crippen molar-refractivity contribution in [3.63, 3.8) is 0 Å². The topological polar surface area (TPSA) is 30.5 Å². The van der Waals surface area contributed by atoms with E-state index in [9.17, 15) is 0 Å². The first-order valence-corrected chi connectivity index (χ1v) is 6.76. The highest BCUT2D eigenvalue weighted by atomic mass is 35.5. The lowest BCUT2D eigenvalue weighted by atomic mass is 10.1. The summed E-state index contributed by atoms with van der Waals surface area (Å²) in [4.78, 5) is 0. The highest BCUT2D eigenvalue weighted by molar-refractivity contribution is 6.32. The molecular formula is C14H22ClNO2. The fraction of sp³-hybridized carbons (Fsp3) is 0.571. The lowest BCUT2D eigenvalue weighted by Gasteiger charge is -2.07. The number of ether oxygens (including phenoxy) is 2. The highest BCUT2D eigenvalue weighted by Crippen LogP contribution is 2.24. The van der Waals surface area contributed by atoms with Crippen LogP contribution < -0.4 is 10.1 Å². The van der Waals surface area contributed by atoms with E-state index >= 15 is 0 Å². The summed E-state index contributed by atoms with van der Waals surface area (Å²) in [5.41, 5.74) is 1.17. The van der Waals surface area contributed by atoms with Crippen molar-refractivity contribution >= 4 is 11.6 Å². The van der Waals surface area contributed by atoms with Gasteiger partial charge in [0.2, 0.25) is 0 Å². The predicted octanol–water partition coefficient (Wildman–Crippen LogP) is 2.91. The van der Waals surface area contributed by atoms with Crippen LogP contribution in [0.2, 0.25) is 5.02 Å². The molecule has 4 heteroatoms.